The first-order valence-corrected chi connectivity index (χ1v) is 14.2. The van der Waals surface area contributed by atoms with Crippen molar-refractivity contribution >= 4 is 17.8 Å². The smallest absolute Gasteiger partial charge is 0.328 e. The summed E-state index contributed by atoms with van der Waals surface area (Å²) >= 11 is 0. The molecule has 1 unspecified atom stereocenters. The second kappa shape index (κ2) is 16.5. The van der Waals surface area contributed by atoms with Crippen LogP contribution in [0.1, 0.15) is 65.9 Å². The van der Waals surface area contributed by atoms with Crippen LogP contribution in [0.4, 0.5) is 0 Å². The minimum atomic E-state index is -1.16. The number of ether oxygens (including phenoxy) is 2. The van der Waals surface area contributed by atoms with Crippen molar-refractivity contribution in [2.45, 2.75) is 78.8 Å². The average molecular weight is 563 g/mol. The Labute approximate surface area is 245 Å². The molecule has 7 heteroatoms. The van der Waals surface area contributed by atoms with E-state index < -0.39 is 29.9 Å². The molecule has 0 aliphatic heterocycles. The van der Waals surface area contributed by atoms with E-state index in [0.29, 0.717) is 0 Å². The van der Waals surface area contributed by atoms with Crippen molar-refractivity contribution in [2.24, 2.45) is 11.1 Å². The van der Waals surface area contributed by atoms with Gasteiger partial charge in [-0.2, -0.15) is 0 Å². The normalized spacial score (nSPS) is 17.4. The van der Waals surface area contributed by atoms with Gasteiger partial charge in [-0.1, -0.05) is 91.3 Å². The fourth-order valence-corrected chi connectivity index (χ4v) is 4.76. The third-order valence-electron chi connectivity index (χ3n) is 7.23. The Balaban J connectivity index is 1.82. The van der Waals surface area contributed by atoms with Crippen LogP contribution in [-0.4, -0.2) is 43.6 Å². The van der Waals surface area contributed by atoms with Gasteiger partial charge in [-0.05, 0) is 62.7 Å². The number of benzene rings is 1. The number of hydrogen-bond acceptors (Lipinski definition) is 6. The summed E-state index contributed by atoms with van der Waals surface area (Å²) in [5, 5.41) is 2.58. The molecule has 0 heterocycles. The second-order valence-electron chi connectivity index (χ2n) is 11.3. The Morgan fingerprint density at radius 2 is 1.80 bits per heavy atom. The lowest BCUT2D eigenvalue weighted by Crippen LogP contribution is -2.50. The number of methoxy groups -OCH3 is 1. The summed E-state index contributed by atoms with van der Waals surface area (Å²) < 4.78 is 10.0. The number of amides is 1. The maximum absolute atomic E-state index is 12.6. The molecule has 7 nitrogen and oxygen atoms in total. The first-order valence-electron chi connectivity index (χ1n) is 14.2. The van der Waals surface area contributed by atoms with E-state index in [1.807, 2.05) is 55.5 Å². The van der Waals surface area contributed by atoms with Crippen LogP contribution in [0, 0.1) is 5.41 Å². The molecule has 0 saturated heterocycles. The highest BCUT2D eigenvalue weighted by atomic mass is 16.5. The molecule has 0 bridgehead atoms. The number of hydrogen-bond donors (Lipinski definition) is 2. The molecule has 1 aromatic carbocycles. The first kappa shape index (κ1) is 33.5. The zero-order valence-electron chi connectivity index (χ0n) is 25.4. The highest BCUT2D eigenvalue weighted by molar-refractivity contribution is 5.90. The van der Waals surface area contributed by atoms with Crippen LogP contribution in [0.2, 0.25) is 0 Å². The van der Waals surface area contributed by atoms with Crippen LogP contribution < -0.4 is 11.1 Å². The number of carbonyl (C=O) groups excluding carboxylic acids is 3. The van der Waals surface area contributed by atoms with E-state index in [1.165, 1.54) is 37.5 Å². The van der Waals surface area contributed by atoms with Crippen LogP contribution in [-0.2, 0) is 30.3 Å². The minimum absolute atomic E-state index is 0.0627. The van der Waals surface area contributed by atoms with Crippen molar-refractivity contribution < 1.29 is 23.9 Å². The van der Waals surface area contributed by atoms with Gasteiger partial charge >= 0.3 is 11.9 Å². The van der Waals surface area contributed by atoms with Gasteiger partial charge in [0.2, 0.25) is 5.91 Å². The number of carbonyl (C=O) groups is 3. The van der Waals surface area contributed by atoms with Gasteiger partial charge in [0.25, 0.3) is 0 Å². The van der Waals surface area contributed by atoms with Gasteiger partial charge in [-0.3, -0.25) is 9.59 Å². The predicted molar refractivity (Wildman–Crippen MR) is 164 cm³/mol. The zero-order valence-corrected chi connectivity index (χ0v) is 25.4. The molecule has 0 fully saturated rings. The summed E-state index contributed by atoms with van der Waals surface area (Å²) in [4.78, 5) is 36.9. The maximum Gasteiger partial charge on any atom is 0.328 e. The molecule has 1 amide bonds. The number of nitrogens with one attached hydrogen (secondary N) is 1. The third-order valence-corrected chi connectivity index (χ3v) is 7.23. The van der Waals surface area contributed by atoms with Crippen molar-refractivity contribution in [3.63, 3.8) is 0 Å². The van der Waals surface area contributed by atoms with Crippen LogP contribution in [0.15, 0.2) is 89.1 Å². The lowest BCUT2D eigenvalue weighted by atomic mass is 9.72. The molecule has 41 heavy (non-hydrogen) atoms. The second-order valence-corrected chi connectivity index (χ2v) is 11.3. The molecule has 1 aromatic rings. The number of esters is 2. The Hall–Kier alpha value is -3.71. The summed E-state index contributed by atoms with van der Waals surface area (Å²) in [6, 6.07) is 7.15. The van der Waals surface area contributed by atoms with Gasteiger partial charge in [0, 0.05) is 6.42 Å². The van der Waals surface area contributed by atoms with E-state index in [0.717, 1.165) is 16.7 Å². The van der Waals surface area contributed by atoms with Crippen LogP contribution >= 0.6 is 0 Å². The SMILES string of the molecule is COC(=O)C(Cc1ccccc1)NC(=O)[C@@H](N)CC(=O)OCC=C(C)C=CC=C(C)C=CC1=C(C)CCCC1(C)C. The number of rotatable bonds is 13. The summed E-state index contributed by atoms with van der Waals surface area (Å²) in [6.07, 6.45) is 15.7. The fraction of sp³-hybridized carbons (Fsp3) is 0.441. The quantitative estimate of drug-likeness (QED) is 0.237. The van der Waals surface area contributed by atoms with Crippen molar-refractivity contribution in [1.29, 1.82) is 0 Å². The topological polar surface area (TPSA) is 108 Å². The lowest BCUT2D eigenvalue weighted by Gasteiger charge is -2.32. The van der Waals surface area contributed by atoms with Gasteiger partial charge < -0.3 is 20.5 Å². The summed E-state index contributed by atoms with van der Waals surface area (Å²) in [6.45, 7) is 10.9. The third kappa shape index (κ3) is 11.7. The van der Waals surface area contributed by atoms with E-state index in [2.05, 4.69) is 45.2 Å². The van der Waals surface area contributed by atoms with Gasteiger partial charge in [0.1, 0.15) is 12.6 Å². The standard InChI is InChI=1S/C34H46N2O5/c1-24(17-18-28-26(3)14-11-20-34(28,4)5)12-10-13-25(2)19-21-41-31(37)23-29(35)32(38)36-30(33(39)40-6)22-27-15-8-7-9-16-27/h7-10,12-13,15-19,29-30H,11,14,20-23,35H2,1-6H3,(H,36,38)/t29-,30?/m0/s1. The summed E-state index contributed by atoms with van der Waals surface area (Å²) in [7, 11) is 1.25. The van der Waals surface area contributed by atoms with Crippen molar-refractivity contribution in [2.75, 3.05) is 13.7 Å². The van der Waals surface area contributed by atoms with Crippen molar-refractivity contribution in [1.82, 2.24) is 5.32 Å². The first-order chi connectivity index (χ1) is 19.4. The van der Waals surface area contributed by atoms with Crippen molar-refractivity contribution in [3.05, 3.63) is 94.6 Å². The van der Waals surface area contributed by atoms with E-state index in [1.54, 1.807) is 6.08 Å². The molecule has 0 radical (unpaired) electrons. The van der Waals surface area contributed by atoms with E-state index in [-0.39, 0.29) is 24.9 Å². The average Bonchev–Trinajstić information content (AvgIpc) is 2.92. The molecule has 0 saturated carbocycles. The summed E-state index contributed by atoms with van der Waals surface area (Å²) in [5.41, 5.74) is 12.0. The van der Waals surface area contributed by atoms with Crippen LogP contribution in [0.25, 0.3) is 0 Å². The molecule has 0 spiro atoms. The minimum Gasteiger partial charge on any atom is -0.467 e. The van der Waals surface area contributed by atoms with Crippen LogP contribution in [0.3, 0.4) is 0 Å². The lowest BCUT2D eigenvalue weighted by molar-refractivity contribution is -0.146. The van der Waals surface area contributed by atoms with Gasteiger partial charge in [0.15, 0.2) is 0 Å². The Morgan fingerprint density at radius 1 is 1.10 bits per heavy atom. The highest BCUT2D eigenvalue weighted by Crippen LogP contribution is 2.40. The molecule has 3 N–H and O–H groups in total. The highest BCUT2D eigenvalue weighted by Gasteiger charge is 2.27. The molecular weight excluding hydrogens is 516 g/mol. The fourth-order valence-electron chi connectivity index (χ4n) is 4.76. The Kier molecular flexibility index (Phi) is 13.5. The van der Waals surface area contributed by atoms with Gasteiger partial charge in [-0.15, -0.1) is 0 Å². The number of allylic oxidation sites excluding steroid dienone is 9. The molecule has 222 valence electrons. The van der Waals surface area contributed by atoms with E-state index >= 15 is 0 Å². The molecule has 1 aliphatic rings. The molecule has 0 aromatic heterocycles. The van der Waals surface area contributed by atoms with Crippen molar-refractivity contribution in [3.8, 4) is 0 Å². The molecule has 1 aliphatic carbocycles. The van der Waals surface area contributed by atoms with E-state index in [9.17, 15) is 14.4 Å². The maximum atomic E-state index is 12.6. The van der Waals surface area contributed by atoms with E-state index in [4.69, 9.17) is 15.2 Å². The van der Waals surface area contributed by atoms with Gasteiger partial charge in [-0.25, -0.2) is 4.79 Å². The Bertz CT molecular complexity index is 1200. The monoisotopic (exact) mass is 562 g/mol. The molecule has 2 atom stereocenters. The number of nitrogens with two attached hydrogens (primary N) is 1. The summed E-state index contributed by atoms with van der Waals surface area (Å²) in [5.74, 6) is -1.82. The Morgan fingerprint density at radius 3 is 2.46 bits per heavy atom. The largest absolute Gasteiger partial charge is 0.467 e. The van der Waals surface area contributed by atoms with Crippen LogP contribution in [0.5, 0.6) is 0 Å². The predicted octanol–water partition coefficient (Wildman–Crippen LogP) is 5.68. The zero-order chi connectivity index (χ0) is 30.4. The van der Waals surface area contributed by atoms with Gasteiger partial charge in [0.05, 0.1) is 19.6 Å². The molecule has 2 rings (SSSR count). The molecular formula is C34H46N2O5.